The van der Waals surface area contributed by atoms with E-state index in [-0.39, 0.29) is 24.0 Å². The van der Waals surface area contributed by atoms with Crippen molar-refractivity contribution in [3.05, 3.63) is 103 Å². The molecule has 0 fully saturated rings. The fourth-order valence-corrected chi connectivity index (χ4v) is 7.48. The first kappa shape index (κ1) is 21.4. The Labute approximate surface area is 181 Å². The van der Waals surface area contributed by atoms with Gasteiger partial charge in [0.05, 0.1) is 6.16 Å². The Bertz CT molecular complexity index is 794. The van der Waals surface area contributed by atoms with Gasteiger partial charge in [-0.3, -0.25) is 0 Å². The Morgan fingerprint density at radius 1 is 0.704 bits per heavy atom. The lowest BCUT2D eigenvalue weighted by Gasteiger charge is -2.27. The highest BCUT2D eigenvalue weighted by molar-refractivity contribution is 7.95. The molecule has 0 nitrogen and oxygen atoms in total. The van der Waals surface area contributed by atoms with Gasteiger partial charge in [-0.2, -0.15) is 0 Å². The average Bonchev–Trinajstić information content (AvgIpc) is 2.73. The highest BCUT2D eigenvalue weighted by atomic mass is 127. The first-order chi connectivity index (χ1) is 12.9. The molecule has 3 rings (SSSR count). The van der Waals surface area contributed by atoms with Gasteiger partial charge < -0.3 is 24.0 Å². The van der Waals surface area contributed by atoms with Crippen LogP contribution in [-0.4, -0.2) is 6.16 Å². The Hall–Kier alpha value is -1.88. The van der Waals surface area contributed by atoms with Gasteiger partial charge in [0.2, 0.25) is 0 Å². The zero-order valence-corrected chi connectivity index (χ0v) is 18.6. The summed E-state index contributed by atoms with van der Waals surface area (Å²) in [6, 6.07) is 32.9. The van der Waals surface area contributed by atoms with Crippen molar-refractivity contribution in [1.82, 2.24) is 0 Å². The minimum atomic E-state index is -1.73. The molecule has 0 radical (unpaired) electrons. The molecule has 0 bridgehead atoms. The number of allylic oxidation sites excluding steroid dienone is 2. The Kier molecular flexibility index (Phi) is 8.79. The molecule has 0 spiro atoms. The molecule has 3 aromatic carbocycles. The molecule has 0 atom stereocenters. The van der Waals surface area contributed by atoms with Crippen molar-refractivity contribution in [1.29, 1.82) is 0 Å². The van der Waals surface area contributed by atoms with E-state index in [1.807, 2.05) is 19.1 Å². The molecule has 0 saturated heterocycles. The van der Waals surface area contributed by atoms with Gasteiger partial charge in [0.25, 0.3) is 0 Å². The lowest BCUT2D eigenvalue weighted by molar-refractivity contribution is -0.00000508. The predicted molar refractivity (Wildman–Crippen MR) is 117 cm³/mol. The Morgan fingerprint density at radius 2 is 1.11 bits per heavy atom. The lowest BCUT2D eigenvalue weighted by Crippen LogP contribution is -3.00. The molecule has 0 saturated carbocycles. The molecule has 0 aliphatic heterocycles. The summed E-state index contributed by atoms with van der Waals surface area (Å²) in [5, 5.41) is 4.26. The van der Waals surface area contributed by atoms with E-state index < -0.39 is 7.26 Å². The van der Waals surface area contributed by atoms with Crippen molar-refractivity contribution in [3.63, 3.8) is 0 Å². The summed E-state index contributed by atoms with van der Waals surface area (Å²) in [4.78, 5) is 0. The number of rotatable bonds is 5. The van der Waals surface area contributed by atoms with Crippen LogP contribution in [0.25, 0.3) is 0 Å². The van der Waals surface area contributed by atoms with Crippen LogP contribution < -0.4 is 39.9 Å². The fourth-order valence-electron chi connectivity index (χ4n) is 3.32. The van der Waals surface area contributed by atoms with Crippen molar-refractivity contribution >= 4 is 23.2 Å². The topological polar surface area (TPSA) is 0 Å². The minimum absolute atomic E-state index is 0. The second-order valence-electron chi connectivity index (χ2n) is 6.11. The maximum absolute atomic E-state index is 3.34. The van der Waals surface area contributed by atoms with Gasteiger partial charge in [-0.15, -0.1) is 0 Å². The van der Waals surface area contributed by atoms with Gasteiger partial charge in [0.15, 0.2) is 0 Å². The number of hydrogen-bond acceptors (Lipinski definition) is 0. The summed E-state index contributed by atoms with van der Waals surface area (Å²) < 4.78 is 0. The molecule has 0 heterocycles. The summed E-state index contributed by atoms with van der Waals surface area (Å²) in [5.41, 5.74) is 0. The summed E-state index contributed by atoms with van der Waals surface area (Å²) in [6.07, 6.45) is 5.85. The van der Waals surface area contributed by atoms with Gasteiger partial charge in [0, 0.05) is 6.42 Å². The van der Waals surface area contributed by atoms with Crippen LogP contribution >= 0.6 is 7.26 Å². The van der Waals surface area contributed by atoms with Gasteiger partial charge >= 0.3 is 0 Å². The summed E-state index contributed by atoms with van der Waals surface area (Å²) in [6.45, 7) is 2.00. The zero-order chi connectivity index (χ0) is 18.1. The molecule has 0 aromatic heterocycles. The van der Waals surface area contributed by atoms with Crippen molar-refractivity contribution in [2.75, 3.05) is 6.16 Å². The molecule has 2 heteroatoms. The van der Waals surface area contributed by atoms with Crippen LogP contribution in [0.2, 0.25) is 0 Å². The molecule has 136 valence electrons. The van der Waals surface area contributed by atoms with Crippen molar-refractivity contribution in [2.24, 2.45) is 0 Å². The normalized spacial score (nSPS) is 10.7. The predicted octanol–water partition coefficient (Wildman–Crippen LogP) is 1.95. The van der Waals surface area contributed by atoms with E-state index in [4.69, 9.17) is 0 Å². The van der Waals surface area contributed by atoms with E-state index in [2.05, 4.69) is 103 Å². The maximum atomic E-state index is 3.34. The highest BCUT2D eigenvalue weighted by Crippen LogP contribution is 2.55. The highest BCUT2D eigenvalue weighted by Gasteiger charge is 2.44. The molecule has 0 amide bonds. The van der Waals surface area contributed by atoms with Crippen molar-refractivity contribution < 1.29 is 24.0 Å². The average molecular weight is 482 g/mol. The summed E-state index contributed by atoms with van der Waals surface area (Å²) >= 11 is 0. The van der Waals surface area contributed by atoms with E-state index in [1.54, 1.807) is 0 Å². The van der Waals surface area contributed by atoms with Gasteiger partial charge in [-0.25, -0.2) is 0 Å². The van der Waals surface area contributed by atoms with Crippen LogP contribution in [0.5, 0.6) is 0 Å². The third kappa shape index (κ3) is 5.10. The van der Waals surface area contributed by atoms with Crippen molar-refractivity contribution in [2.45, 2.75) is 13.3 Å². The van der Waals surface area contributed by atoms with Crippen LogP contribution in [0.4, 0.5) is 0 Å². The quantitative estimate of drug-likeness (QED) is 0.297. The maximum Gasteiger partial charge on any atom is 0.113 e. The van der Waals surface area contributed by atoms with E-state index in [9.17, 15) is 0 Å². The molecule has 27 heavy (non-hydrogen) atoms. The van der Waals surface area contributed by atoms with E-state index in [1.165, 1.54) is 15.9 Å². The molecule has 0 aliphatic carbocycles. The molecule has 0 unspecified atom stereocenters. The second-order valence-corrected chi connectivity index (χ2v) is 9.73. The van der Waals surface area contributed by atoms with E-state index in [0.29, 0.717) is 0 Å². The van der Waals surface area contributed by atoms with Crippen LogP contribution in [0.1, 0.15) is 13.3 Å². The molecule has 0 aliphatic rings. The lowest BCUT2D eigenvalue weighted by atomic mass is 10.3. The fraction of sp³-hybridized carbons (Fsp3) is 0.120. The number of hydrogen-bond donors (Lipinski definition) is 0. The standard InChI is InChI=1S/C25H24P.HI/c1-2-3-4-5-15-22-26(23-16-9-6-10-17-23,24-18-11-7-12-19-24)25-20-13-8-14-21-25;/h2-3,6-14,16-21H,15,22H2,1H3;1H/q+1;/p-1/b3-2-;. The molecular formula is C25H24IP. The summed E-state index contributed by atoms with van der Waals surface area (Å²) in [7, 11) is -1.73. The SMILES string of the molecule is C/C=C\C#CCC[P+](c1ccccc1)(c1ccccc1)c1ccccc1.[I-]. The molecule has 3 aromatic rings. The van der Waals surface area contributed by atoms with Crippen LogP contribution in [0.3, 0.4) is 0 Å². The smallest absolute Gasteiger partial charge is 0.113 e. The van der Waals surface area contributed by atoms with Crippen LogP contribution in [0.15, 0.2) is 103 Å². The van der Waals surface area contributed by atoms with Crippen molar-refractivity contribution in [3.8, 4) is 11.8 Å². The number of halogens is 1. The first-order valence-electron chi connectivity index (χ1n) is 9.02. The van der Waals surface area contributed by atoms with Crippen LogP contribution in [-0.2, 0) is 0 Å². The zero-order valence-electron chi connectivity index (χ0n) is 15.6. The molecule has 0 N–H and O–H groups in total. The largest absolute Gasteiger partial charge is 1.00 e. The second kappa shape index (κ2) is 11.1. The minimum Gasteiger partial charge on any atom is -1.00 e. The van der Waals surface area contributed by atoms with Gasteiger partial charge in [-0.05, 0) is 49.4 Å². The van der Waals surface area contributed by atoms with Gasteiger partial charge in [0.1, 0.15) is 23.2 Å². The number of benzene rings is 3. The van der Waals surface area contributed by atoms with E-state index in [0.717, 1.165) is 12.6 Å². The van der Waals surface area contributed by atoms with Crippen LogP contribution in [0, 0.1) is 11.8 Å². The third-order valence-electron chi connectivity index (χ3n) is 4.52. The third-order valence-corrected chi connectivity index (χ3v) is 8.95. The molecular weight excluding hydrogens is 458 g/mol. The Balaban J connectivity index is 0.00000261. The Morgan fingerprint density at radius 3 is 1.48 bits per heavy atom. The monoisotopic (exact) mass is 482 g/mol. The van der Waals surface area contributed by atoms with Gasteiger partial charge in [-0.1, -0.05) is 72.5 Å². The first-order valence-corrected chi connectivity index (χ1v) is 11.0. The van der Waals surface area contributed by atoms with E-state index >= 15 is 0 Å². The summed E-state index contributed by atoms with van der Waals surface area (Å²) in [5.74, 6) is 6.49.